The lowest BCUT2D eigenvalue weighted by Gasteiger charge is -2.16. The SMILES string of the molecule is CCc1oc2ccc(Nc3nc(=O)n(C[C@H](C)C=O)c(=O)n3Cc3ccc(C)cc3)cc2c1C.COC. The number of aldehydes is 1. The van der Waals surface area contributed by atoms with Crippen LogP contribution in [0, 0.1) is 19.8 Å². The summed E-state index contributed by atoms with van der Waals surface area (Å²) >= 11 is 0. The number of aromatic nitrogens is 3. The van der Waals surface area contributed by atoms with E-state index in [2.05, 4.69) is 15.0 Å². The molecule has 4 rings (SSSR count). The number of anilines is 2. The summed E-state index contributed by atoms with van der Waals surface area (Å²) in [5, 5.41) is 4.11. The van der Waals surface area contributed by atoms with Crippen molar-refractivity contribution in [3.05, 3.63) is 85.9 Å². The Morgan fingerprint density at radius 2 is 1.76 bits per heavy atom. The minimum Gasteiger partial charge on any atom is -0.461 e. The number of aryl methyl sites for hydroxylation is 3. The highest BCUT2D eigenvalue weighted by Gasteiger charge is 2.17. The molecule has 0 saturated carbocycles. The molecule has 0 bridgehead atoms. The van der Waals surface area contributed by atoms with Crippen molar-refractivity contribution in [2.45, 2.75) is 47.2 Å². The van der Waals surface area contributed by atoms with Gasteiger partial charge in [-0.3, -0.25) is 4.57 Å². The molecule has 0 aliphatic heterocycles. The molecule has 4 aromatic rings. The van der Waals surface area contributed by atoms with Crippen molar-refractivity contribution in [3.63, 3.8) is 0 Å². The standard InChI is InChI=1S/C26H28N4O4.C2H6O/c1-5-22-18(4)21-12-20(10-11-23(21)34-22)27-24-28-25(32)30(13-17(3)15-31)26(33)29(24)14-19-8-6-16(2)7-9-19;1-3-2/h6-12,15,17H,5,13-14H2,1-4H3,(H,27,28,32);1-2H3/t17-;/m0./s1. The number of furan rings is 1. The Balaban J connectivity index is 0.00000121. The van der Waals surface area contributed by atoms with E-state index in [0.29, 0.717) is 5.69 Å². The summed E-state index contributed by atoms with van der Waals surface area (Å²) in [6, 6.07) is 13.4. The van der Waals surface area contributed by atoms with Gasteiger partial charge in [0.05, 0.1) is 6.54 Å². The number of ether oxygens (including phenoxy) is 1. The average molecular weight is 507 g/mol. The van der Waals surface area contributed by atoms with Gasteiger partial charge >= 0.3 is 11.4 Å². The van der Waals surface area contributed by atoms with Crippen LogP contribution in [0.4, 0.5) is 11.6 Å². The summed E-state index contributed by atoms with van der Waals surface area (Å²) in [6.45, 7) is 7.89. The number of fused-ring (bicyclic) bond motifs is 1. The van der Waals surface area contributed by atoms with Crippen LogP contribution in [0.2, 0.25) is 0 Å². The maximum absolute atomic E-state index is 13.3. The number of hydrogen-bond donors (Lipinski definition) is 1. The van der Waals surface area contributed by atoms with Crippen molar-refractivity contribution in [3.8, 4) is 0 Å². The van der Waals surface area contributed by atoms with Crippen molar-refractivity contribution in [2.75, 3.05) is 19.5 Å². The molecule has 0 aliphatic rings. The zero-order chi connectivity index (χ0) is 27.1. The molecule has 0 aliphatic carbocycles. The summed E-state index contributed by atoms with van der Waals surface area (Å²) in [6.07, 6.45) is 1.51. The molecule has 9 heteroatoms. The first-order chi connectivity index (χ1) is 17.7. The predicted molar refractivity (Wildman–Crippen MR) is 145 cm³/mol. The third-order valence-electron chi connectivity index (χ3n) is 5.93. The van der Waals surface area contributed by atoms with Gasteiger partial charge in [-0.05, 0) is 43.2 Å². The molecule has 0 amide bonds. The maximum atomic E-state index is 13.3. The van der Waals surface area contributed by atoms with E-state index in [1.54, 1.807) is 21.1 Å². The Bertz CT molecular complexity index is 1480. The summed E-state index contributed by atoms with van der Waals surface area (Å²) in [4.78, 5) is 41.4. The van der Waals surface area contributed by atoms with Crippen LogP contribution in [-0.4, -0.2) is 34.6 Å². The second kappa shape index (κ2) is 12.3. The van der Waals surface area contributed by atoms with E-state index < -0.39 is 17.3 Å². The lowest BCUT2D eigenvalue weighted by atomic mass is 10.1. The van der Waals surface area contributed by atoms with Crippen LogP contribution in [-0.2, 0) is 29.0 Å². The van der Waals surface area contributed by atoms with Crippen LogP contribution in [0.3, 0.4) is 0 Å². The topological polar surface area (TPSA) is 108 Å². The molecular formula is C28H34N4O5. The van der Waals surface area contributed by atoms with Gasteiger partial charge in [0.2, 0.25) is 5.95 Å². The Kier molecular flexibility index (Phi) is 9.19. The van der Waals surface area contributed by atoms with E-state index in [0.717, 1.165) is 50.7 Å². The van der Waals surface area contributed by atoms with Crippen LogP contribution in [0.25, 0.3) is 11.0 Å². The summed E-state index contributed by atoms with van der Waals surface area (Å²) < 4.78 is 12.6. The van der Waals surface area contributed by atoms with Crippen molar-refractivity contribution in [2.24, 2.45) is 5.92 Å². The van der Waals surface area contributed by atoms with Crippen LogP contribution in [0.5, 0.6) is 0 Å². The highest BCUT2D eigenvalue weighted by Crippen LogP contribution is 2.29. The molecule has 196 valence electrons. The van der Waals surface area contributed by atoms with E-state index in [1.165, 1.54) is 4.57 Å². The predicted octanol–water partition coefficient (Wildman–Crippen LogP) is 4.22. The lowest BCUT2D eigenvalue weighted by Crippen LogP contribution is -2.43. The fourth-order valence-electron chi connectivity index (χ4n) is 3.95. The quantitative estimate of drug-likeness (QED) is 0.357. The van der Waals surface area contributed by atoms with E-state index >= 15 is 0 Å². The van der Waals surface area contributed by atoms with E-state index in [1.807, 2.05) is 63.2 Å². The van der Waals surface area contributed by atoms with E-state index in [4.69, 9.17) is 4.42 Å². The van der Waals surface area contributed by atoms with Gasteiger partial charge in [0.25, 0.3) is 0 Å². The van der Waals surface area contributed by atoms with Gasteiger partial charge < -0.3 is 19.3 Å². The summed E-state index contributed by atoms with van der Waals surface area (Å²) in [7, 11) is 3.25. The molecule has 0 unspecified atom stereocenters. The number of carbonyl (C=O) groups excluding carboxylic acids is 1. The summed E-state index contributed by atoms with van der Waals surface area (Å²) in [5.74, 6) is 0.577. The number of benzene rings is 2. The lowest BCUT2D eigenvalue weighted by molar-refractivity contribution is -0.111. The van der Waals surface area contributed by atoms with Crippen LogP contribution in [0.1, 0.15) is 36.3 Å². The molecule has 9 nitrogen and oxygen atoms in total. The van der Waals surface area contributed by atoms with Crippen LogP contribution in [0.15, 0.2) is 56.5 Å². The fourth-order valence-corrected chi connectivity index (χ4v) is 3.95. The minimum absolute atomic E-state index is 0.0255. The van der Waals surface area contributed by atoms with Crippen LogP contribution >= 0.6 is 0 Å². The Hall–Kier alpha value is -3.98. The number of carbonyl (C=O) groups is 1. The van der Waals surface area contributed by atoms with Crippen molar-refractivity contribution in [1.82, 2.24) is 14.1 Å². The van der Waals surface area contributed by atoms with Crippen molar-refractivity contribution < 1.29 is 13.9 Å². The highest BCUT2D eigenvalue weighted by molar-refractivity contribution is 5.86. The van der Waals surface area contributed by atoms with Gasteiger partial charge in [0.1, 0.15) is 17.6 Å². The van der Waals surface area contributed by atoms with Gasteiger partial charge in [0.15, 0.2) is 0 Å². The largest absolute Gasteiger partial charge is 0.461 e. The second-order valence-corrected chi connectivity index (χ2v) is 9.04. The molecule has 37 heavy (non-hydrogen) atoms. The minimum atomic E-state index is -0.699. The fraction of sp³-hybridized carbons (Fsp3) is 0.357. The van der Waals surface area contributed by atoms with E-state index in [9.17, 15) is 14.4 Å². The maximum Gasteiger partial charge on any atom is 0.354 e. The molecule has 0 fully saturated rings. The molecule has 0 spiro atoms. The molecule has 0 radical (unpaired) electrons. The third-order valence-corrected chi connectivity index (χ3v) is 5.93. The zero-order valence-electron chi connectivity index (χ0n) is 22.2. The first-order valence-electron chi connectivity index (χ1n) is 12.1. The smallest absolute Gasteiger partial charge is 0.354 e. The Labute approximate surface area is 215 Å². The first kappa shape index (κ1) is 27.6. The van der Waals surface area contributed by atoms with Gasteiger partial charge in [-0.15, -0.1) is 0 Å². The summed E-state index contributed by atoms with van der Waals surface area (Å²) in [5.41, 5.74) is 3.29. The number of nitrogens with zero attached hydrogens (tertiary/aromatic N) is 3. The normalized spacial score (nSPS) is 11.6. The molecule has 2 heterocycles. The number of nitrogens with one attached hydrogen (secondary N) is 1. The van der Waals surface area contributed by atoms with Crippen molar-refractivity contribution >= 4 is 28.9 Å². The molecule has 2 aromatic carbocycles. The Morgan fingerprint density at radius 1 is 1.08 bits per heavy atom. The van der Waals surface area contributed by atoms with Crippen LogP contribution < -0.4 is 16.7 Å². The molecule has 1 atom stereocenters. The average Bonchev–Trinajstić information content (AvgIpc) is 3.20. The number of methoxy groups -OCH3 is 1. The second-order valence-electron chi connectivity index (χ2n) is 9.04. The zero-order valence-corrected chi connectivity index (χ0v) is 22.2. The van der Waals surface area contributed by atoms with E-state index in [-0.39, 0.29) is 19.0 Å². The number of hydrogen-bond acceptors (Lipinski definition) is 7. The molecule has 2 aromatic heterocycles. The van der Waals surface area contributed by atoms with Gasteiger partial charge in [-0.1, -0.05) is 43.7 Å². The first-order valence-corrected chi connectivity index (χ1v) is 12.1. The molecule has 0 saturated heterocycles. The third kappa shape index (κ3) is 6.42. The molecule has 1 N–H and O–H groups in total. The molecular weight excluding hydrogens is 472 g/mol. The van der Waals surface area contributed by atoms with Gasteiger partial charge in [-0.2, -0.15) is 4.98 Å². The number of rotatable bonds is 8. The van der Waals surface area contributed by atoms with Gasteiger partial charge in [0, 0.05) is 44.2 Å². The highest BCUT2D eigenvalue weighted by atomic mass is 16.4. The Morgan fingerprint density at radius 3 is 2.38 bits per heavy atom. The van der Waals surface area contributed by atoms with Gasteiger partial charge in [-0.25, -0.2) is 14.2 Å². The van der Waals surface area contributed by atoms with Crippen molar-refractivity contribution in [1.29, 1.82) is 0 Å². The monoisotopic (exact) mass is 506 g/mol.